The molecule has 0 saturated carbocycles. The van der Waals surface area contributed by atoms with Crippen LogP contribution in [0.4, 0.5) is 24.8 Å². The van der Waals surface area contributed by atoms with Crippen molar-refractivity contribution >= 4 is 24.0 Å². The number of aryl methyl sites for hydroxylation is 1. The van der Waals surface area contributed by atoms with Gasteiger partial charge in [-0.15, -0.1) is 0 Å². The topological polar surface area (TPSA) is 78.4 Å². The molecule has 1 N–H and O–H groups in total. The van der Waals surface area contributed by atoms with Crippen LogP contribution in [-0.4, -0.2) is 58.3 Å². The lowest BCUT2D eigenvalue weighted by Crippen LogP contribution is -2.48. The minimum absolute atomic E-state index is 0.0764. The number of aromatic nitrogens is 2. The zero-order valence-corrected chi connectivity index (χ0v) is 14.4. The lowest BCUT2D eigenvalue weighted by atomic mass is 10.2. The summed E-state index contributed by atoms with van der Waals surface area (Å²) in [6, 6.07) is 3.26. The number of carbonyl (C=O) groups is 2. The average Bonchev–Trinajstić information content (AvgIpc) is 2.67. The number of nitrogens with one attached hydrogen (secondary N) is 1. The fourth-order valence-electron chi connectivity index (χ4n) is 2.67. The monoisotopic (exact) mass is 379 g/mol. The van der Waals surface area contributed by atoms with Gasteiger partial charge in [0, 0.05) is 31.9 Å². The van der Waals surface area contributed by atoms with Gasteiger partial charge in [-0.3, -0.25) is 9.59 Å². The van der Waals surface area contributed by atoms with E-state index >= 15 is 0 Å². The number of piperazine rings is 1. The van der Waals surface area contributed by atoms with Crippen LogP contribution in [0, 0.1) is 24.4 Å². The molecule has 0 atom stereocenters. The zero-order valence-electron chi connectivity index (χ0n) is 14.4. The van der Waals surface area contributed by atoms with Crippen LogP contribution in [-0.2, 0) is 4.79 Å². The normalized spacial score (nSPS) is 14.2. The van der Waals surface area contributed by atoms with Crippen LogP contribution >= 0.6 is 0 Å². The third-order valence-electron chi connectivity index (χ3n) is 4.11. The number of carbonyl (C=O) groups excluding carboxylic acids is 2. The van der Waals surface area contributed by atoms with Crippen molar-refractivity contribution in [3.63, 3.8) is 0 Å². The van der Waals surface area contributed by atoms with Gasteiger partial charge in [0.25, 0.3) is 5.91 Å². The Morgan fingerprint density at radius 3 is 2.48 bits per heavy atom. The molecule has 3 rings (SSSR count). The first kappa shape index (κ1) is 18.6. The number of nitrogens with zero attached hydrogens (tertiary/aromatic N) is 4. The van der Waals surface area contributed by atoms with Crippen molar-refractivity contribution in [3.8, 4) is 0 Å². The molecule has 1 saturated heterocycles. The Morgan fingerprint density at radius 1 is 1.11 bits per heavy atom. The second-order valence-electron chi connectivity index (χ2n) is 6.00. The summed E-state index contributed by atoms with van der Waals surface area (Å²) < 4.78 is 40.2. The lowest BCUT2D eigenvalue weighted by molar-refractivity contribution is -0.119. The lowest BCUT2D eigenvalue weighted by Gasteiger charge is -2.32. The first-order valence-corrected chi connectivity index (χ1v) is 8.14. The second kappa shape index (κ2) is 7.60. The van der Waals surface area contributed by atoms with Gasteiger partial charge in [0.15, 0.2) is 17.5 Å². The maximum Gasteiger partial charge on any atom is 0.272 e. The molecule has 0 unspecified atom stereocenters. The highest BCUT2D eigenvalue weighted by molar-refractivity contribution is 5.93. The standard InChI is InChI=1S/C17H16F3N5O2/c1-10-8-13(16(27)25-6-4-24(9-26)5-7-25)23-17(21-10)22-12-3-2-11(18)14(19)15(12)20/h2-3,8-9H,4-7H2,1H3,(H,21,22,23). The maximum atomic E-state index is 13.8. The van der Waals surface area contributed by atoms with Crippen LogP contribution in [0.1, 0.15) is 16.2 Å². The fraction of sp³-hybridized carbons (Fsp3) is 0.294. The van der Waals surface area contributed by atoms with E-state index < -0.39 is 17.5 Å². The smallest absolute Gasteiger partial charge is 0.272 e. The zero-order chi connectivity index (χ0) is 19.6. The van der Waals surface area contributed by atoms with Crippen molar-refractivity contribution in [1.82, 2.24) is 19.8 Å². The number of benzene rings is 1. The molecule has 1 aliphatic heterocycles. The van der Waals surface area contributed by atoms with Crippen molar-refractivity contribution < 1.29 is 22.8 Å². The van der Waals surface area contributed by atoms with E-state index in [9.17, 15) is 22.8 Å². The molecule has 7 nitrogen and oxygen atoms in total. The molecular formula is C17H16F3N5O2. The highest BCUT2D eigenvalue weighted by Gasteiger charge is 2.23. The number of hydrogen-bond acceptors (Lipinski definition) is 5. The van der Waals surface area contributed by atoms with Crippen molar-refractivity contribution in [3.05, 3.63) is 47.0 Å². The summed E-state index contributed by atoms with van der Waals surface area (Å²) in [7, 11) is 0. The Hall–Kier alpha value is -3.17. The van der Waals surface area contributed by atoms with Crippen LogP contribution in [0.5, 0.6) is 0 Å². The van der Waals surface area contributed by atoms with E-state index in [1.165, 1.54) is 6.07 Å². The van der Waals surface area contributed by atoms with Crippen LogP contribution in [0.15, 0.2) is 18.2 Å². The Labute approximate surface area is 152 Å². The van der Waals surface area contributed by atoms with Crippen molar-refractivity contribution in [1.29, 1.82) is 0 Å². The molecule has 2 heterocycles. The minimum Gasteiger partial charge on any atom is -0.342 e. The molecule has 1 aromatic carbocycles. The predicted octanol–water partition coefficient (Wildman–Crippen LogP) is 1.86. The summed E-state index contributed by atoms with van der Waals surface area (Å²) in [5.74, 6) is -4.81. The third-order valence-corrected chi connectivity index (χ3v) is 4.11. The van der Waals surface area contributed by atoms with Gasteiger partial charge in [-0.2, -0.15) is 0 Å². The molecule has 2 aromatic rings. The molecule has 2 amide bonds. The molecule has 1 aromatic heterocycles. The van der Waals surface area contributed by atoms with E-state index in [4.69, 9.17) is 0 Å². The molecule has 1 fully saturated rings. The number of halogens is 3. The third kappa shape index (κ3) is 3.99. The van der Waals surface area contributed by atoms with E-state index in [0.29, 0.717) is 31.9 Å². The quantitative estimate of drug-likeness (QED) is 0.648. The molecule has 27 heavy (non-hydrogen) atoms. The Kier molecular flexibility index (Phi) is 5.24. The van der Waals surface area contributed by atoms with Gasteiger partial charge in [0.1, 0.15) is 5.69 Å². The van der Waals surface area contributed by atoms with Crippen LogP contribution in [0.25, 0.3) is 0 Å². The summed E-state index contributed by atoms with van der Waals surface area (Å²) in [6.07, 6.45) is 0.731. The van der Waals surface area contributed by atoms with Gasteiger partial charge >= 0.3 is 0 Å². The van der Waals surface area contributed by atoms with E-state index in [1.54, 1.807) is 16.7 Å². The SMILES string of the molecule is Cc1cc(C(=O)N2CCN(C=O)CC2)nc(Nc2ccc(F)c(F)c2F)n1. The van der Waals surface area contributed by atoms with Crippen LogP contribution in [0.3, 0.4) is 0 Å². The minimum atomic E-state index is -1.61. The summed E-state index contributed by atoms with van der Waals surface area (Å²) in [5, 5.41) is 2.47. The molecule has 1 aliphatic rings. The maximum absolute atomic E-state index is 13.8. The predicted molar refractivity (Wildman–Crippen MR) is 89.9 cm³/mol. The Balaban J connectivity index is 1.81. The van der Waals surface area contributed by atoms with Crippen LogP contribution in [0.2, 0.25) is 0 Å². The Morgan fingerprint density at radius 2 is 1.81 bits per heavy atom. The molecule has 142 valence electrons. The average molecular weight is 379 g/mol. The van der Waals surface area contributed by atoms with Crippen LogP contribution < -0.4 is 5.32 Å². The number of hydrogen-bond donors (Lipinski definition) is 1. The highest BCUT2D eigenvalue weighted by Crippen LogP contribution is 2.22. The van der Waals surface area contributed by atoms with Gasteiger partial charge in [-0.1, -0.05) is 0 Å². The van der Waals surface area contributed by atoms with E-state index in [2.05, 4.69) is 15.3 Å². The van der Waals surface area contributed by atoms with Gasteiger partial charge in [-0.05, 0) is 25.1 Å². The fourth-order valence-corrected chi connectivity index (χ4v) is 2.67. The number of anilines is 2. The van der Waals surface area contributed by atoms with E-state index in [0.717, 1.165) is 18.5 Å². The van der Waals surface area contributed by atoms with E-state index in [1.807, 2.05) is 0 Å². The summed E-state index contributed by atoms with van der Waals surface area (Å²) in [4.78, 5) is 34.6. The largest absolute Gasteiger partial charge is 0.342 e. The highest BCUT2D eigenvalue weighted by atomic mass is 19.2. The van der Waals surface area contributed by atoms with Gasteiger partial charge in [0.05, 0.1) is 5.69 Å². The molecule has 0 radical (unpaired) electrons. The molecular weight excluding hydrogens is 363 g/mol. The molecule has 0 bridgehead atoms. The van der Waals surface area contributed by atoms with Gasteiger partial charge in [-0.25, -0.2) is 23.1 Å². The van der Waals surface area contributed by atoms with E-state index in [-0.39, 0.29) is 23.2 Å². The van der Waals surface area contributed by atoms with Crippen molar-refractivity contribution in [2.75, 3.05) is 31.5 Å². The van der Waals surface area contributed by atoms with Gasteiger partial charge < -0.3 is 15.1 Å². The first-order chi connectivity index (χ1) is 12.9. The molecule has 10 heteroatoms. The van der Waals surface area contributed by atoms with Crippen molar-refractivity contribution in [2.24, 2.45) is 0 Å². The summed E-state index contributed by atoms with van der Waals surface area (Å²) in [5.41, 5.74) is 0.162. The van der Waals surface area contributed by atoms with Crippen molar-refractivity contribution in [2.45, 2.75) is 6.92 Å². The number of rotatable bonds is 4. The molecule has 0 aliphatic carbocycles. The Bertz CT molecular complexity index is 885. The second-order valence-corrected chi connectivity index (χ2v) is 6.00. The first-order valence-electron chi connectivity index (χ1n) is 8.14. The molecule has 0 spiro atoms. The van der Waals surface area contributed by atoms with Gasteiger partial charge in [0.2, 0.25) is 12.4 Å². The summed E-state index contributed by atoms with van der Waals surface area (Å²) >= 11 is 0. The number of amides is 2. The summed E-state index contributed by atoms with van der Waals surface area (Å²) in [6.45, 7) is 3.19.